The Bertz CT molecular complexity index is 631. The minimum absolute atomic E-state index is 0.0800. The Morgan fingerprint density at radius 2 is 2.00 bits per heavy atom. The molecule has 1 aromatic heterocycles. The lowest BCUT2D eigenvalue weighted by Crippen LogP contribution is -2.03. The van der Waals surface area contributed by atoms with Crippen molar-refractivity contribution >= 4 is 29.2 Å². The zero-order valence-electron chi connectivity index (χ0n) is 8.82. The van der Waals surface area contributed by atoms with E-state index < -0.39 is 11.8 Å². The molecule has 0 fully saturated rings. The van der Waals surface area contributed by atoms with Crippen LogP contribution in [-0.2, 0) is 0 Å². The number of hydrogen-bond acceptors (Lipinski definition) is 2. The molecule has 0 radical (unpaired) electrons. The Kier molecular flexibility index (Phi) is 3.50. The van der Waals surface area contributed by atoms with Gasteiger partial charge in [0.2, 0.25) is 0 Å². The lowest BCUT2D eigenvalue weighted by Gasteiger charge is -2.07. The fourth-order valence-corrected chi connectivity index (χ4v) is 1.88. The highest BCUT2D eigenvalue weighted by Gasteiger charge is 2.17. The first-order chi connectivity index (χ1) is 8.49. The third-order valence-electron chi connectivity index (χ3n) is 2.27. The van der Waals surface area contributed by atoms with Crippen molar-refractivity contribution in [3.8, 4) is 11.3 Å². The minimum atomic E-state index is -1.28. The zero-order chi connectivity index (χ0) is 13.3. The molecule has 0 aliphatic carbocycles. The molecule has 92 valence electrons. The van der Waals surface area contributed by atoms with Crippen LogP contribution in [0, 0.1) is 5.82 Å². The number of aromatic carboxylic acids is 1. The molecule has 0 aliphatic rings. The van der Waals surface area contributed by atoms with Crippen molar-refractivity contribution in [1.29, 1.82) is 0 Å². The maximum absolute atomic E-state index is 13.0. The summed E-state index contributed by atoms with van der Waals surface area (Å²) >= 11 is 11.8. The molecule has 2 rings (SSSR count). The van der Waals surface area contributed by atoms with Crippen molar-refractivity contribution in [1.82, 2.24) is 4.98 Å². The summed E-state index contributed by atoms with van der Waals surface area (Å²) in [6.45, 7) is 0. The van der Waals surface area contributed by atoms with Gasteiger partial charge in [0.1, 0.15) is 5.82 Å². The maximum atomic E-state index is 13.0. The van der Waals surface area contributed by atoms with Gasteiger partial charge in [-0.15, -0.1) is 0 Å². The molecule has 0 aliphatic heterocycles. The molecule has 0 saturated heterocycles. The Balaban J connectivity index is 2.70. The van der Waals surface area contributed by atoms with Gasteiger partial charge in [0, 0.05) is 10.6 Å². The monoisotopic (exact) mass is 285 g/mol. The van der Waals surface area contributed by atoms with E-state index in [0.29, 0.717) is 15.6 Å². The summed E-state index contributed by atoms with van der Waals surface area (Å²) < 4.78 is 13.0. The van der Waals surface area contributed by atoms with E-state index in [1.54, 1.807) is 6.07 Å². The number of pyridine rings is 1. The fourth-order valence-electron chi connectivity index (χ4n) is 1.50. The first-order valence-corrected chi connectivity index (χ1v) is 5.59. The van der Waals surface area contributed by atoms with Gasteiger partial charge in [-0.25, -0.2) is 9.18 Å². The fraction of sp³-hybridized carbons (Fsp3) is 0. The molecule has 1 heterocycles. The van der Waals surface area contributed by atoms with E-state index in [0.717, 1.165) is 12.3 Å². The topological polar surface area (TPSA) is 50.2 Å². The van der Waals surface area contributed by atoms with Crippen LogP contribution in [-0.4, -0.2) is 16.1 Å². The molecule has 3 nitrogen and oxygen atoms in total. The highest BCUT2D eigenvalue weighted by atomic mass is 35.5. The lowest BCUT2D eigenvalue weighted by molar-refractivity contribution is 0.0697. The van der Waals surface area contributed by atoms with E-state index in [2.05, 4.69) is 4.98 Å². The van der Waals surface area contributed by atoms with Gasteiger partial charge in [0.25, 0.3) is 0 Å². The van der Waals surface area contributed by atoms with Gasteiger partial charge < -0.3 is 5.11 Å². The summed E-state index contributed by atoms with van der Waals surface area (Å²) in [4.78, 5) is 14.8. The lowest BCUT2D eigenvalue weighted by atomic mass is 10.1. The van der Waals surface area contributed by atoms with Gasteiger partial charge >= 0.3 is 5.97 Å². The third kappa shape index (κ3) is 2.44. The highest BCUT2D eigenvalue weighted by Crippen LogP contribution is 2.31. The molecule has 1 aromatic carbocycles. The number of rotatable bonds is 2. The normalized spacial score (nSPS) is 10.4. The van der Waals surface area contributed by atoms with Crippen molar-refractivity contribution in [2.75, 3.05) is 0 Å². The summed E-state index contributed by atoms with van der Waals surface area (Å²) in [7, 11) is 0. The standard InChI is InChI=1S/C12H6Cl2FNO2/c13-6-1-2-10(14)8(3-6)11-9(12(17)18)4-7(15)5-16-11/h1-5H,(H,17,18). The zero-order valence-corrected chi connectivity index (χ0v) is 10.3. The summed E-state index contributed by atoms with van der Waals surface area (Å²) in [6.07, 6.45) is 0.930. The second kappa shape index (κ2) is 4.92. The molecule has 6 heteroatoms. The van der Waals surface area contributed by atoms with E-state index in [1.165, 1.54) is 12.1 Å². The summed E-state index contributed by atoms with van der Waals surface area (Å²) in [6, 6.07) is 5.46. The molecule has 1 N–H and O–H groups in total. The van der Waals surface area contributed by atoms with Gasteiger partial charge in [-0.3, -0.25) is 4.98 Å². The van der Waals surface area contributed by atoms with E-state index >= 15 is 0 Å². The van der Waals surface area contributed by atoms with Crippen LogP contribution in [0.1, 0.15) is 10.4 Å². The van der Waals surface area contributed by atoms with Gasteiger partial charge in [0.05, 0.1) is 22.5 Å². The van der Waals surface area contributed by atoms with Crippen molar-refractivity contribution in [3.05, 3.63) is 51.9 Å². The average molecular weight is 286 g/mol. The molecular formula is C12H6Cl2FNO2. The molecule has 0 saturated carbocycles. The Morgan fingerprint density at radius 3 is 2.67 bits per heavy atom. The van der Waals surface area contributed by atoms with Crippen LogP contribution in [0.3, 0.4) is 0 Å². The van der Waals surface area contributed by atoms with Crippen LogP contribution in [0.4, 0.5) is 4.39 Å². The molecule has 18 heavy (non-hydrogen) atoms. The van der Waals surface area contributed by atoms with Crippen LogP contribution in [0.25, 0.3) is 11.3 Å². The quantitative estimate of drug-likeness (QED) is 0.911. The van der Waals surface area contributed by atoms with Gasteiger partial charge in [-0.05, 0) is 24.3 Å². The molecule has 0 amide bonds. The minimum Gasteiger partial charge on any atom is -0.478 e. The Morgan fingerprint density at radius 1 is 1.28 bits per heavy atom. The van der Waals surface area contributed by atoms with Crippen molar-refractivity contribution in [3.63, 3.8) is 0 Å². The number of aromatic nitrogens is 1. The largest absolute Gasteiger partial charge is 0.478 e. The SMILES string of the molecule is O=C(O)c1cc(F)cnc1-c1cc(Cl)ccc1Cl. The van der Waals surface area contributed by atoms with Crippen LogP contribution in [0.15, 0.2) is 30.5 Å². The second-order valence-electron chi connectivity index (χ2n) is 3.48. The number of halogens is 3. The molecule has 0 atom stereocenters. The van der Waals surface area contributed by atoms with Gasteiger partial charge in [-0.1, -0.05) is 23.2 Å². The predicted octanol–water partition coefficient (Wildman–Crippen LogP) is 3.89. The van der Waals surface area contributed by atoms with Gasteiger partial charge in [0.15, 0.2) is 0 Å². The van der Waals surface area contributed by atoms with Crippen LogP contribution < -0.4 is 0 Å². The molecule has 0 spiro atoms. The summed E-state index contributed by atoms with van der Waals surface area (Å²) in [5, 5.41) is 9.71. The van der Waals surface area contributed by atoms with Crippen molar-refractivity contribution in [2.45, 2.75) is 0 Å². The second-order valence-corrected chi connectivity index (χ2v) is 4.32. The number of benzene rings is 1. The van der Waals surface area contributed by atoms with Crippen LogP contribution in [0.2, 0.25) is 10.0 Å². The van der Waals surface area contributed by atoms with Crippen molar-refractivity contribution in [2.24, 2.45) is 0 Å². The van der Waals surface area contributed by atoms with Crippen LogP contribution in [0.5, 0.6) is 0 Å². The van der Waals surface area contributed by atoms with E-state index in [4.69, 9.17) is 28.3 Å². The van der Waals surface area contributed by atoms with E-state index in [9.17, 15) is 9.18 Å². The average Bonchev–Trinajstić information content (AvgIpc) is 2.32. The van der Waals surface area contributed by atoms with Gasteiger partial charge in [-0.2, -0.15) is 0 Å². The first-order valence-electron chi connectivity index (χ1n) is 4.83. The van der Waals surface area contributed by atoms with E-state index in [-0.39, 0.29) is 11.3 Å². The number of carboxylic acid groups (broad SMARTS) is 1. The van der Waals surface area contributed by atoms with Crippen LogP contribution >= 0.6 is 23.2 Å². The molecule has 0 bridgehead atoms. The van der Waals surface area contributed by atoms with E-state index in [1.807, 2.05) is 0 Å². The molecular weight excluding hydrogens is 280 g/mol. The molecule has 0 unspecified atom stereocenters. The number of nitrogens with zero attached hydrogens (tertiary/aromatic N) is 1. The number of carboxylic acids is 1. The van der Waals surface area contributed by atoms with Crippen molar-refractivity contribution < 1.29 is 14.3 Å². The predicted molar refractivity (Wildman–Crippen MR) is 66.6 cm³/mol. The Labute approximate surface area is 112 Å². The molecule has 2 aromatic rings. The number of hydrogen-bond donors (Lipinski definition) is 1. The Hall–Kier alpha value is -1.65. The smallest absolute Gasteiger partial charge is 0.338 e. The maximum Gasteiger partial charge on any atom is 0.338 e. The number of carbonyl (C=O) groups is 1. The highest BCUT2D eigenvalue weighted by molar-refractivity contribution is 6.35. The summed E-state index contributed by atoms with van der Waals surface area (Å²) in [5.41, 5.74) is 0.164. The third-order valence-corrected chi connectivity index (χ3v) is 2.83. The first kappa shape index (κ1) is 12.8. The summed E-state index contributed by atoms with van der Waals surface area (Å²) in [5.74, 6) is -2.01.